The van der Waals surface area contributed by atoms with Gasteiger partial charge in [0.1, 0.15) is 5.75 Å². The van der Waals surface area contributed by atoms with E-state index in [1.165, 1.54) is 0 Å². The monoisotopic (exact) mass is 782 g/mol. The Morgan fingerprint density at radius 3 is 1.59 bits per heavy atom. The van der Waals surface area contributed by atoms with Gasteiger partial charge in [-0.2, -0.15) is 0 Å². The van der Waals surface area contributed by atoms with Crippen LogP contribution in [0.2, 0.25) is 0 Å². The Kier molecular flexibility index (Phi) is 15.1. The van der Waals surface area contributed by atoms with Crippen molar-refractivity contribution in [3.05, 3.63) is 165 Å². The number of carbonyl (C=O) groups excluding carboxylic acids is 2. The molecule has 0 fully saturated rings. The van der Waals surface area contributed by atoms with Crippen LogP contribution in [-0.2, 0) is 44.7 Å². The molecule has 0 heterocycles. The number of benzene rings is 5. The van der Waals surface area contributed by atoms with Crippen molar-refractivity contribution in [2.45, 2.75) is 65.5 Å². The van der Waals surface area contributed by atoms with Gasteiger partial charge in [-0.15, -0.1) is 0 Å². The van der Waals surface area contributed by atoms with E-state index < -0.39 is 7.12 Å². The molecule has 3 N–H and O–H groups in total. The Labute approximate surface area is 344 Å². The lowest BCUT2D eigenvalue weighted by molar-refractivity contribution is 0.0771. The molecule has 0 unspecified atom stereocenters. The molecule has 10 nitrogen and oxygen atoms in total. The van der Waals surface area contributed by atoms with Crippen molar-refractivity contribution >= 4 is 32.1 Å². The summed E-state index contributed by atoms with van der Waals surface area (Å²) in [5.74, 6) is 0.440. The van der Waals surface area contributed by atoms with Gasteiger partial charge in [0.2, 0.25) is 0 Å². The van der Waals surface area contributed by atoms with Crippen molar-refractivity contribution in [3.8, 4) is 5.75 Å². The molecule has 5 aromatic rings. The van der Waals surface area contributed by atoms with Gasteiger partial charge >= 0.3 is 14.8 Å². The first-order chi connectivity index (χ1) is 27.6. The summed E-state index contributed by atoms with van der Waals surface area (Å²) >= 11 is 0. The lowest BCUT2D eigenvalue weighted by atomic mass is 9.77. The summed E-state index contributed by atoms with van der Waals surface area (Å²) < 4.78 is 5.36. The molecule has 0 atom stereocenters. The van der Waals surface area contributed by atoms with Crippen molar-refractivity contribution in [2.75, 3.05) is 28.2 Å². The average molecular weight is 783 g/mol. The Bertz CT molecular complexity index is 2140. The van der Waals surface area contributed by atoms with E-state index in [0.717, 1.165) is 45.5 Å². The number of nitrogens with zero attached hydrogens (tertiary/aromatic N) is 4. The van der Waals surface area contributed by atoms with Crippen LogP contribution in [0.4, 0.5) is 0 Å². The number of carbonyl (C=O) groups is 2. The van der Waals surface area contributed by atoms with Crippen LogP contribution in [0, 0.1) is 0 Å². The lowest BCUT2D eigenvalue weighted by Gasteiger charge is -2.27. The zero-order valence-corrected chi connectivity index (χ0v) is 34.9. The zero-order valence-electron chi connectivity index (χ0n) is 34.9. The fourth-order valence-corrected chi connectivity index (χ4v) is 7.19. The molecule has 58 heavy (non-hydrogen) atoms. The predicted octanol–water partition coefficient (Wildman–Crippen LogP) is 5.11. The fourth-order valence-electron chi connectivity index (χ4n) is 7.19. The van der Waals surface area contributed by atoms with E-state index in [1.807, 2.05) is 68.7 Å². The van der Waals surface area contributed by atoms with Gasteiger partial charge in [-0.3, -0.25) is 19.4 Å². The molecule has 0 aliphatic heterocycles. The van der Waals surface area contributed by atoms with Gasteiger partial charge in [0.25, 0.3) is 11.8 Å². The molecule has 0 saturated carbocycles. The maximum atomic E-state index is 13.9. The highest BCUT2D eigenvalue weighted by molar-refractivity contribution is 6.59. The van der Waals surface area contributed by atoms with E-state index in [-0.39, 0.29) is 24.9 Å². The van der Waals surface area contributed by atoms with E-state index in [0.29, 0.717) is 55.1 Å². The largest absolute Gasteiger partial charge is 0.539 e. The minimum Gasteiger partial charge on any atom is -0.539 e. The summed E-state index contributed by atoms with van der Waals surface area (Å²) in [6.07, 6.45) is 0. The van der Waals surface area contributed by atoms with Crippen LogP contribution in [-0.4, -0.2) is 89.5 Å². The van der Waals surface area contributed by atoms with Gasteiger partial charge in [0, 0.05) is 70.1 Å². The molecule has 5 aromatic carbocycles. The molecular formula is C46H56B2N4O6. The second kappa shape index (κ2) is 20.0. The number of para-hydroxylation sites is 1. The van der Waals surface area contributed by atoms with Gasteiger partial charge < -0.3 is 29.5 Å². The average Bonchev–Trinajstić information content (AvgIpc) is 3.19. The molecule has 0 aliphatic carbocycles. The minimum atomic E-state index is -1.51. The molecule has 0 bridgehead atoms. The van der Waals surface area contributed by atoms with Crippen molar-refractivity contribution < 1.29 is 29.3 Å². The second-order valence-corrected chi connectivity index (χ2v) is 16.3. The minimum absolute atomic E-state index is 0.106. The predicted molar refractivity (Wildman–Crippen MR) is 233 cm³/mol. The lowest BCUT2D eigenvalue weighted by Crippen LogP contribution is -2.34. The highest BCUT2D eigenvalue weighted by atomic mass is 16.5. The third-order valence-electron chi connectivity index (χ3n) is 10.2. The Morgan fingerprint density at radius 1 is 0.603 bits per heavy atom. The van der Waals surface area contributed by atoms with Crippen LogP contribution >= 0.6 is 0 Å². The third kappa shape index (κ3) is 11.9. The molecule has 2 amide bonds. The fraction of sp³-hybridized carbons (Fsp3) is 0.304. The van der Waals surface area contributed by atoms with Crippen LogP contribution in [0.3, 0.4) is 0 Å². The number of amides is 2. The maximum Gasteiger partial charge on any atom is 0.504 e. The van der Waals surface area contributed by atoms with Gasteiger partial charge in [-0.05, 0) is 82.6 Å². The number of rotatable bonds is 17. The molecule has 302 valence electrons. The molecule has 0 spiro atoms. The Balaban J connectivity index is 1.18. The standard InChI is InChI=1S/C46H56B2N4O6/c1-46(2,3)41-26-37(44(53)51(6)29-35-20-16-33(17-21-35)27-49(4)31-38-12-8-10-14-42(38)48(56)57)24-25-40(41)45(54)52(7)30-36-22-18-34(19-23-36)28-50(5)32-39-13-9-11-15-43(39)58-47-55/h8-26,47,55-57H,27-32H2,1-7H3. The molecule has 0 radical (unpaired) electrons. The SMILES string of the molecule is CN(Cc1ccc(CN(C)C(=O)c2ccc(C(=O)N(C)Cc3ccc(CN(C)Cc4ccccc4B(O)O)cc3)cc2C(C)(C)C)cc1)Cc1ccccc1OBO. The highest BCUT2D eigenvalue weighted by Crippen LogP contribution is 2.29. The number of hydrogen-bond donors (Lipinski definition) is 3. The van der Waals surface area contributed by atoms with Crippen molar-refractivity contribution in [1.29, 1.82) is 0 Å². The van der Waals surface area contributed by atoms with E-state index >= 15 is 0 Å². The number of hydrogen-bond acceptors (Lipinski definition) is 8. The summed E-state index contributed by atoms with van der Waals surface area (Å²) in [4.78, 5) is 35.4. The van der Waals surface area contributed by atoms with Crippen LogP contribution in [0.25, 0.3) is 0 Å². The first kappa shape index (κ1) is 43.9. The van der Waals surface area contributed by atoms with E-state index in [4.69, 9.17) is 4.65 Å². The highest BCUT2D eigenvalue weighted by Gasteiger charge is 2.26. The van der Waals surface area contributed by atoms with E-state index in [1.54, 1.807) is 48.2 Å². The van der Waals surface area contributed by atoms with Crippen LogP contribution < -0.4 is 10.1 Å². The maximum absolute atomic E-state index is 13.9. The van der Waals surface area contributed by atoms with Crippen molar-refractivity contribution in [1.82, 2.24) is 19.6 Å². The van der Waals surface area contributed by atoms with Gasteiger partial charge in [0.05, 0.1) is 0 Å². The third-order valence-corrected chi connectivity index (χ3v) is 10.2. The van der Waals surface area contributed by atoms with Crippen molar-refractivity contribution in [2.24, 2.45) is 0 Å². The van der Waals surface area contributed by atoms with Crippen LogP contribution in [0.5, 0.6) is 5.75 Å². The second-order valence-electron chi connectivity index (χ2n) is 16.3. The molecule has 0 saturated heterocycles. The molecule has 12 heteroatoms. The molecule has 0 aromatic heterocycles. The Morgan fingerprint density at radius 2 is 1.07 bits per heavy atom. The summed E-state index contributed by atoms with van der Waals surface area (Å²) in [7, 11) is 5.75. The van der Waals surface area contributed by atoms with Crippen LogP contribution in [0.15, 0.2) is 115 Å². The normalized spacial score (nSPS) is 11.4. The van der Waals surface area contributed by atoms with Gasteiger partial charge in [-0.1, -0.05) is 112 Å². The molecular weight excluding hydrogens is 726 g/mol. The summed E-state index contributed by atoms with van der Waals surface area (Å²) in [5.41, 5.74) is 8.16. The Hall–Kier alpha value is -5.23. The first-order valence-electron chi connectivity index (χ1n) is 19.6. The van der Waals surface area contributed by atoms with Crippen LogP contribution in [0.1, 0.15) is 80.4 Å². The smallest absolute Gasteiger partial charge is 0.504 e. The summed E-state index contributed by atoms with van der Waals surface area (Å²) in [6.45, 7) is 9.65. The van der Waals surface area contributed by atoms with Gasteiger partial charge in [-0.25, -0.2) is 0 Å². The molecule has 5 rings (SSSR count). The molecule has 0 aliphatic rings. The zero-order chi connectivity index (χ0) is 42.0. The quantitative estimate of drug-likeness (QED) is 0.112. The van der Waals surface area contributed by atoms with Gasteiger partial charge in [0.15, 0.2) is 0 Å². The topological polar surface area (TPSA) is 117 Å². The summed E-state index contributed by atoms with van der Waals surface area (Å²) in [6, 6.07) is 36.8. The van der Waals surface area contributed by atoms with Crippen molar-refractivity contribution in [3.63, 3.8) is 0 Å². The summed E-state index contributed by atoms with van der Waals surface area (Å²) in [5, 5.41) is 28.7. The van der Waals surface area contributed by atoms with E-state index in [9.17, 15) is 24.7 Å². The van der Waals surface area contributed by atoms with E-state index in [2.05, 4.69) is 67.0 Å². The first-order valence-corrected chi connectivity index (χ1v) is 19.6.